The van der Waals surface area contributed by atoms with E-state index in [1.165, 1.54) is 6.26 Å². The van der Waals surface area contributed by atoms with Crippen LogP contribution in [0, 0.1) is 11.3 Å². The summed E-state index contributed by atoms with van der Waals surface area (Å²) in [4.78, 5) is 22.2. The Morgan fingerprint density at radius 1 is 1.37 bits per heavy atom. The highest BCUT2D eigenvalue weighted by Gasteiger charge is 2.46. The third-order valence-corrected chi connectivity index (χ3v) is 4.37. The van der Waals surface area contributed by atoms with Gasteiger partial charge in [-0.3, -0.25) is 9.59 Å². The summed E-state index contributed by atoms with van der Waals surface area (Å²) in [7, 11) is -3.07. The van der Waals surface area contributed by atoms with Crippen LogP contribution in [0.1, 0.15) is 32.6 Å². The van der Waals surface area contributed by atoms with Crippen molar-refractivity contribution in [3.63, 3.8) is 0 Å². The highest BCUT2D eigenvalue weighted by atomic mass is 32.2. The molecule has 0 aromatic carbocycles. The van der Waals surface area contributed by atoms with Gasteiger partial charge in [0, 0.05) is 25.6 Å². The molecule has 2 N–H and O–H groups in total. The van der Waals surface area contributed by atoms with Crippen molar-refractivity contribution in [2.45, 2.75) is 32.6 Å². The highest BCUT2D eigenvalue weighted by Crippen LogP contribution is 2.49. The van der Waals surface area contributed by atoms with Crippen LogP contribution in [0.3, 0.4) is 0 Å². The van der Waals surface area contributed by atoms with Crippen molar-refractivity contribution >= 4 is 21.7 Å². The zero-order valence-corrected chi connectivity index (χ0v) is 12.1. The van der Waals surface area contributed by atoms with Gasteiger partial charge in [-0.25, -0.2) is 8.42 Å². The Kier molecular flexibility index (Phi) is 4.95. The first-order chi connectivity index (χ1) is 8.62. The van der Waals surface area contributed by atoms with Crippen LogP contribution in [0.5, 0.6) is 0 Å². The molecule has 1 atom stereocenters. The van der Waals surface area contributed by atoms with Gasteiger partial charge in [0.2, 0.25) is 5.91 Å². The summed E-state index contributed by atoms with van der Waals surface area (Å²) >= 11 is 0. The van der Waals surface area contributed by atoms with Crippen LogP contribution in [0.4, 0.5) is 0 Å². The molecule has 6 nitrogen and oxygen atoms in total. The van der Waals surface area contributed by atoms with Crippen LogP contribution in [-0.2, 0) is 19.4 Å². The second-order valence-corrected chi connectivity index (χ2v) is 7.89. The average Bonchev–Trinajstić information content (AvgIpc) is 2.90. The summed E-state index contributed by atoms with van der Waals surface area (Å²) in [5.74, 6) is -1.17. The maximum atomic E-state index is 11.7. The van der Waals surface area contributed by atoms with Gasteiger partial charge < -0.3 is 10.4 Å². The van der Waals surface area contributed by atoms with Gasteiger partial charge in [-0.05, 0) is 24.2 Å². The minimum Gasteiger partial charge on any atom is -0.481 e. The average molecular weight is 291 g/mol. The van der Waals surface area contributed by atoms with E-state index in [1.807, 2.05) is 0 Å². The number of hydrogen-bond donors (Lipinski definition) is 2. The van der Waals surface area contributed by atoms with Crippen LogP contribution in [0.15, 0.2) is 0 Å². The van der Waals surface area contributed by atoms with Crippen LogP contribution >= 0.6 is 0 Å². The highest BCUT2D eigenvalue weighted by molar-refractivity contribution is 7.90. The van der Waals surface area contributed by atoms with Gasteiger partial charge in [-0.2, -0.15) is 0 Å². The van der Waals surface area contributed by atoms with Crippen LogP contribution < -0.4 is 5.32 Å². The Morgan fingerprint density at radius 3 is 2.37 bits per heavy atom. The maximum absolute atomic E-state index is 11.7. The van der Waals surface area contributed by atoms with Crippen molar-refractivity contribution in [3.8, 4) is 0 Å². The van der Waals surface area contributed by atoms with Gasteiger partial charge in [0.05, 0.1) is 5.75 Å². The summed E-state index contributed by atoms with van der Waals surface area (Å²) in [6.07, 6.45) is 2.92. The largest absolute Gasteiger partial charge is 0.481 e. The number of nitrogens with one attached hydrogen (secondary N) is 1. The van der Waals surface area contributed by atoms with Crippen LogP contribution in [0.2, 0.25) is 0 Å². The van der Waals surface area contributed by atoms with E-state index in [0.29, 0.717) is 6.54 Å². The van der Waals surface area contributed by atoms with E-state index in [9.17, 15) is 18.0 Å². The van der Waals surface area contributed by atoms with Gasteiger partial charge >= 0.3 is 5.97 Å². The molecule has 0 heterocycles. The van der Waals surface area contributed by atoms with E-state index in [0.717, 1.165) is 12.8 Å². The fraction of sp³-hybridized carbons (Fsp3) is 0.833. The van der Waals surface area contributed by atoms with E-state index in [4.69, 9.17) is 5.11 Å². The molecule has 1 rings (SSSR count). The number of amides is 1. The fourth-order valence-electron chi connectivity index (χ4n) is 2.17. The standard InChI is InChI=1S/C12H21NO5S/c1-9(5-11(15)16)7-13-10(14)6-12(3-4-12)8-19(2,17)18/h9H,3-8H2,1-2H3,(H,13,14)(H,15,16). The number of carbonyl (C=O) groups excluding carboxylic acids is 1. The van der Waals surface area contributed by atoms with Gasteiger partial charge in [0.15, 0.2) is 0 Å². The van der Waals surface area contributed by atoms with Crippen molar-refractivity contribution in [3.05, 3.63) is 0 Å². The normalized spacial score (nSPS) is 18.6. The Balaban J connectivity index is 2.34. The van der Waals surface area contributed by atoms with E-state index < -0.39 is 15.8 Å². The third-order valence-electron chi connectivity index (χ3n) is 3.23. The van der Waals surface area contributed by atoms with Crippen molar-refractivity contribution in [2.75, 3.05) is 18.6 Å². The number of rotatable bonds is 8. The van der Waals surface area contributed by atoms with Crippen molar-refractivity contribution < 1.29 is 23.1 Å². The Labute approximate surface area is 113 Å². The number of hydrogen-bond acceptors (Lipinski definition) is 4. The Bertz CT molecular complexity index is 453. The van der Waals surface area contributed by atoms with Crippen molar-refractivity contribution in [1.82, 2.24) is 5.32 Å². The molecule has 1 fully saturated rings. The first kappa shape index (κ1) is 15.9. The molecule has 0 spiro atoms. The lowest BCUT2D eigenvalue weighted by Crippen LogP contribution is -2.32. The molecule has 110 valence electrons. The van der Waals surface area contributed by atoms with Crippen molar-refractivity contribution in [1.29, 1.82) is 0 Å². The monoisotopic (exact) mass is 291 g/mol. The molecule has 1 aliphatic carbocycles. The molecule has 0 aromatic heterocycles. The molecule has 0 aromatic rings. The molecule has 1 amide bonds. The molecule has 0 saturated heterocycles. The third kappa shape index (κ3) is 6.56. The maximum Gasteiger partial charge on any atom is 0.303 e. The number of carboxylic acids is 1. The van der Waals surface area contributed by atoms with E-state index >= 15 is 0 Å². The Hall–Kier alpha value is -1.11. The molecule has 1 unspecified atom stereocenters. The summed E-state index contributed by atoms with van der Waals surface area (Å²) in [6, 6.07) is 0. The summed E-state index contributed by atoms with van der Waals surface area (Å²) in [6.45, 7) is 2.05. The SMILES string of the molecule is CC(CNC(=O)CC1(CS(C)(=O)=O)CC1)CC(=O)O. The van der Waals surface area contributed by atoms with E-state index in [2.05, 4.69) is 5.32 Å². The zero-order valence-electron chi connectivity index (χ0n) is 11.3. The molecule has 1 aliphatic rings. The van der Waals surface area contributed by atoms with Crippen LogP contribution in [0.25, 0.3) is 0 Å². The fourth-order valence-corrected chi connectivity index (χ4v) is 3.67. The van der Waals surface area contributed by atoms with E-state index in [-0.39, 0.29) is 35.8 Å². The summed E-state index contributed by atoms with van der Waals surface area (Å²) in [5.41, 5.74) is -0.381. The first-order valence-electron chi connectivity index (χ1n) is 6.28. The van der Waals surface area contributed by atoms with Gasteiger partial charge in [-0.1, -0.05) is 6.92 Å². The quantitative estimate of drug-likeness (QED) is 0.675. The topological polar surface area (TPSA) is 101 Å². The van der Waals surface area contributed by atoms with Gasteiger partial charge in [0.25, 0.3) is 0 Å². The number of aliphatic carboxylic acids is 1. The van der Waals surface area contributed by atoms with Gasteiger partial charge in [-0.15, -0.1) is 0 Å². The number of sulfone groups is 1. The smallest absolute Gasteiger partial charge is 0.303 e. The van der Waals surface area contributed by atoms with Crippen molar-refractivity contribution in [2.24, 2.45) is 11.3 Å². The second kappa shape index (κ2) is 5.90. The minimum absolute atomic E-state index is 0.00869. The molecule has 19 heavy (non-hydrogen) atoms. The minimum atomic E-state index is -3.07. The van der Waals surface area contributed by atoms with Gasteiger partial charge in [0.1, 0.15) is 9.84 Å². The van der Waals surface area contributed by atoms with E-state index in [1.54, 1.807) is 6.92 Å². The molecule has 0 aliphatic heterocycles. The summed E-state index contributed by atoms with van der Waals surface area (Å²) < 4.78 is 22.5. The lowest BCUT2D eigenvalue weighted by molar-refractivity contribution is -0.138. The molecular weight excluding hydrogens is 270 g/mol. The number of carbonyl (C=O) groups is 2. The lowest BCUT2D eigenvalue weighted by Gasteiger charge is -2.15. The Morgan fingerprint density at radius 2 is 1.95 bits per heavy atom. The first-order valence-corrected chi connectivity index (χ1v) is 8.34. The van der Waals surface area contributed by atoms with Crippen LogP contribution in [-0.4, -0.2) is 44.0 Å². The molecular formula is C12H21NO5S. The molecule has 0 bridgehead atoms. The number of carboxylic acid groups (broad SMARTS) is 1. The predicted octanol–water partition coefficient (Wildman–Crippen LogP) is 0.428. The lowest BCUT2D eigenvalue weighted by atomic mass is 10.0. The predicted molar refractivity (Wildman–Crippen MR) is 70.4 cm³/mol. The zero-order chi connectivity index (χ0) is 14.7. The molecule has 1 saturated carbocycles. The molecule has 7 heteroatoms. The summed E-state index contributed by atoms with van der Waals surface area (Å²) in [5, 5.41) is 11.3. The molecule has 0 radical (unpaired) electrons. The second-order valence-electron chi connectivity index (χ2n) is 5.75.